The van der Waals surface area contributed by atoms with Gasteiger partial charge in [-0.3, -0.25) is 9.59 Å². The number of nitrogens with one attached hydrogen (secondary N) is 1. The Hall–Kier alpha value is -2.01. The van der Waals surface area contributed by atoms with Gasteiger partial charge in [0, 0.05) is 10.9 Å². The van der Waals surface area contributed by atoms with Crippen molar-refractivity contribution in [1.29, 1.82) is 0 Å². The van der Waals surface area contributed by atoms with Crippen LogP contribution in [-0.4, -0.2) is 25.2 Å². The highest BCUT2D eigenvalue weighted by atomic mass is 35.5. The number of hydrogen-bond acceptors (Lipinski definition) is 4. The summed E-state index contributed by atoms with van der Waals surface area (Å²) in [6, 6.07) is 3.40. The molecule has 0 fully saturated rings. The van der Waals surface area contributed by atoms with Gasteiger partial charge in [-0.1, -0.05) is 11.6 Å². The molecule has 20 heavy (non-hydrogen) atoms. The molecule has 1 aromatic carbocycles. The fourth-order valence-corrected chi connectivity index (χ4v) is 2.52. The predicted molar refractivity (Wildman–Crippen MR) is 76.6 cm³/mol. The summed E-state index contributed by atoms with van der Waals surface area (Å²) >= 11 is 6.28. The molecule has 1 heterocycles. The zero-order chi connectivity index (χ0) is 14.9. The molecule has 106 valence electrons. The van der Waals surface area contributed by atoms with Gasteiger partial charge < -0.3 is 14.5 Å². The van der Waals surface area contributed by atoms with E-state index in [1.165, 1.54) is 14.2 Å². The lowest BCUT2D eigenvalue weighted by atomic mass is 10.0. The first kappa shape index (κ1) is 14.4. The molecule has 0 saturated heterocycles. The minimum absolute atomic E-state index is 0.0961. The molecule has 2 aromatic rings. The van der Waals surface area contributed by atoms with Crippen LogP contribution in [-0.2, 0) is 16.0 Å². The number of carbonyl (C=O) groups excluding carboxylic acids is 1. The van der Waals surface area contributed by atoms with Crippen LogP contribution in [0.1, 0.15) is 11.1 Å². The number of aryl methyl sites for hydroxylation is 1. The zero-order valence-electron chi connectivity index (χ0n) is 11.4. The number of carbonyl (C=O) groups is 1. The average molecular weight is 296 g/mol. The van der Waals surface area contributed by atoms with E-state index in [-0.39, 0.29) is 12.0 Å². The van der Waals surface area contributed by atoms with Crippen molar-refractivity contribution < 1.29 is 14.3 Å². The van der Waals surface area contributed by atoms with Gasteiger partial charge in [0.2, 0.25) is 0 Å². The Balaban J connectivity index is 2.75. The molecule has 0 amide bonds. The SMILES string of the molecule is COC(=O)Cc1c(C)c2c(Cl)c(OC)ccc2[nH]c1=O. The van der Waals surface area contributed by atoms with Gasteiger partial charge in [-0.25, -0.2) is 0 Å². The Morgan fingerprint density at radius 1 is 1.35 bits per heavy atom. The Bertz CT molecular complexity index is 736. The molecular formula is C14H14ClNO4. The van der Waals surface area contributed by atoms with Crippen LogP contribution in [0.2, 0.25) is 5.02 Å². The second-order valence-electron chi connectivity index (χ2n) is 4.31. The maximum absolute atomic E-state index is 12.0. The van der Waals surface area contributed by atoms with Gasteiger partial charge in [0.1, 0.15) is 5.75 Å². The number of methoxy groups -OCH3 is 2. The van der Waals surface area contributed by atoms with E-state index in [1.54, 1.807) is 19.1 Å². The van der Waals surface area contributed by atoms with Crippen molar-refractivity contribution in [1.82, 2.24) is 4.98 Å². The molecule has 6 heteroatoms. The van der Waals surface area contributed by atoms with Crippen molar-refractivity contribution in [2.24, 2.45) is 0 Å². The first-order valence-corrected chi connectivity index (χ1v) is 6.32. The topological polar surface area (TPSA) is 68.4 Å². The molecular weight excluding hydrogens is 282 g/mol. The number of pyridine rings is 1. The molecule has 1 N–H and O–H groups in total. The van der Waals surface area contributed by atoms with E-state index >= 15 is 0 Å². The highest BCUT2D eigenvalue weighted by Crippen LogP contribution is 2.34. The van der Waals surface area contributed by atoms with Gasteiger partial charge in [-0.05, 0) is 24.6 Å². The monoisotopic (exact) mass is 295 g/mol. The summed E-state index contributed by atoms with van der Waals surface area (Å²) in [5, 5.41) is 1.08. The van der Waals surface area contributed by atoms with Crippen molar-refractivity contribution >= 4 is 28.5 Å². The van der Waals surface area contributed by atoms with Crippen molar-refractivity contribution in [3.05, 3.63) is 38.6 Å². The highest BCUT2D eigenvalue weighted by molar-refractivity contribution is 6.37. The molecule has 0 atom stereocenters. The summed E-state index contributed by atoms with van der Waals surface area (Å²) in [5.74, 6) is 0.0373. The van der Waals surface area contributed by atoms with Gasteiger partial charge in [0.25, 0.3) is 5.56 Å². The Morgan fingerprint density at radius 2 is 2.05 bits per heavy atom. The van der Waals surface area contributed by atoms with Gasteiger partial charge in [-0.15, -0.1) is 0 Å². The number of benzene rings is 1. The fraction of sp³-hybridized carbons (Fsp3) is 0.286. The molecule has 1 aromatic heterocycles. The van der Waals surface area contributed by atoms with E-state index in [9.17, 15) is 9.59 Å². The van der Waals surface area contributed by atoms with Crippen LogP contribution in [0.5, 0.6) is 5.75 Å². The second-order valence-corrected chi connectivity index (χ2v) is 4.69. The van der Waals surface area contributed by atoms with Crippen molar-refractivity contribution in [2.45, 2.75) is 13.3 Å². The van der Waals surface area contributed by atoms with Crippen LogP contribution in [0.15, 0.2) is 16.9 Å². The molecule has 0 aliphatic carbocycles. The van der Waals surface area contributed by atoms with Gasteiger partial charge >= 0.3 is 5.97 Å². The number of rotatable bonds is 3. The number of ether oxygens (including phenoxy) is 2. The second kappa shape index (κ2) is 5.54. The van der Waals surface area contributed by atoms with E-state index < -0.39 is 5.97 Å². The first-order valence-electron chi connectivity index (χ1n) is 5.94. The third kappa shape index (κ3) is 2.36. The fourth-order valence-electron chi connectivity index (χ4n) is 2.13. The summed E-state index contributed by atoms with van der Waals surface area (Å²) in [7, 11) is 2.80. The lowest BCUT2D eigenvalue weighted by molar-refractivity contribution is -0.139. The van der Waals surface area contributed by atoms with Crippen LogP contribution in [0.25, 0.3) is 10.9 Å². The number of H-pyrrole nitrogens is 1. The molecule has 0 saturated carbocycles. The maximum Gasteiger partial charge on any atom is 0.310 e. The van der Waals surface area contributed by atoms with Gasteiger partial charge in [-0.2, -0.15) is 0 Å². The molecule has 0 radical (unpaired) electrons. The van der Waals surface area contributed by atoms with E-state index in [4.69, 9.17) is 16.3 Å². The molecule has 0 aliphatic rings. The number of aromatic amines is 1. The highest BCUT2D eigenvalue weighted by Gasteiger charge is 2.16. The van der Waals surface area contributed by atoms with Crippen molar-refractivity contribution in [3.63, 3.8) is 0 Å². The van der Waals surface area contributed by atoms with Crippen LogP contribution in [0, 0.1) is 6.92 Å². The normalized spacial score (nSPS) is 10.6. The first-order chi connectivity index (χ1) is 9.49. The number of halogens is 1. The van der Waals surface area contributed by atoms with E-state index in [0.717, 1.165) is 0 Å². The summed E-state index contributed by atoms with van der Waals surface area (Å²) in [4.78, 5) is 26.1. The van der Waals surface area contributed by atoms with Crippen LogP contribution < -0.4 is 10.3 Å². The smallest absolute Gasteiger partial charge is 0.310 e. The third-order valence-electron chi connectivity index (χ3n) is 3.23. The standard InChI is InChI=1S/C14H14ClNO4/c1-7-8(6-11(17)20-3)14(18)16-9-4-5-10(19-2)13(15)12(7)9/h4-5H,6H2,1-3H3,(H,16,18). The number of aromatic nitrogens is 1. The van der Waals surface area contributed by atoms with E-state index in [2.05, 4.69) is 9.72 Å². The number of fused-ring (bicyclic) bond motifs is 1. The minimum Gasteiger partial charge on any atom is -0.495 e. The van der Waals surface area contributed by atoms with Crippen molar-refractivity contribution in [2.75, 3.05) is 14.2 Å². The lowest BCUT2D eigenvalue weighted by Gasteiger charge is -2.11. The summed E-state index contributed by atoms with van der Waals surface area (Å²) in [6.45, 7) is 1.75. The molecule has 0 unspecified atom stereocenters. The Labute approximate surface area is 120 Å². The Morgan fingerprint density at radius 3 is 2.65 bits per heavy atom. The predicted octanol–water partition coefficient (Wildman–Crippen LogP) is 2.21. The lowest BCUT2D eigenvalue weighted by Crippen LogP contribution is -2.19. The molecule has 2 rings (SSSR count). The molecule has 0 aliphatic heterocycles. The van der Waals surface area contributed by atoms with Gasteiger partial charge in [0.15, 0.2) is 0 Å². The average Bonchev–Trinajstić information content (AvgIpc) is 2.43. The van der Waals surface area contributed by atoms with Gasteiger partial charge in [0.05, 0.1) is 31.2 Å². The van der Waals surface area contributed by atoms with E-state index in [1.807, 2.05) is 0 Å². The number of hydrogen-bond donors (Lipinski definition) is 1. The molecule has 0 bridgehead atoms. The quantitative estimate of drug-likeness (QED) is 0.882. The van der Waals surface area contributed by atoms with Crippen LogP contribution in [0.4, 0.5) is 0 Å². The summed E-state index contributed by atoms with van der Waals surface area (Å²) in [6.07, 6.45) is -0.0961. The molecule has 5 nitrogen and oxygen atoms in total. The molecule has 0 spiro atoms. The van der Waals surface area contributed by atoms with Crippen LogP contribution in [0.3, 0.4) is 0 Å². The van der Waals surface area contributed by atoms with E-state index in [0.29, 0.717) is 32.8 Å². The minimum atomic E-state index is -0.475. The number of esters is 1. The van der Waals surface area contributed by atoms with Crippen LogP contribution >= 0.6 is 11.6 Å². The Kier molecular flexibility index (Phi) is 3.99. The summed E-state index contributed by atoms with van der Waals surface area (Å²) < 4.78 is 9.77. The van der Waals surface area contributed by atoms with Crippen molar-refractivity contribution in [3.8, 4) is 5.75 Å². The maximum atomic E-state index is 12.0. The largest absolute Gasteiger partial charge is 0.495 e. The third-order valence-corrected chi connectivity index (χ3v) is 3.60. The summed E-state index contributed by atoms with van der Waals surface area (Å²) in [5.41, 5.74) is 1.28. The zero-order valence-corrected chi connectivity index (χ0v) is 12.1.